The number of hydrogen-bond donors (Lipinski definition) is 1. The molecule has 0 atom stereocenters. The number of alkyl halides is 3. The minimum atomic E-state index is -4.20. The van der Waals surface area contributed by atoms with Gasteiger partial charge in [-0.3, -0.25) is 0 Å². The van der Waals surface area contributed by atoms with E-state index in [4.69, 9.17) is 5.73 Å². The normalized spacial score (nSPS) is 16.2. The van der Waals surface area contributed by atoms with Crippen molar-refractivity contribution in [2.45, 2.75) is 31.9 Å². The van der Waals surface area contributed by atoms with Gasteiger partial charge in [-0.05, 0) is 37.2 Å². The van der Waals surface area contributed by atoms with Crippen molar-refractivity contribution in [2.75, 3.05) is 23.7 Å². The first kappa shape index (κ1) is 12.5. The summed E-state index contributed by atoms with van der Waals surface area (Å²) in [5.41, 5.74) is 6.55. The molecular formula is C10H14F3N3S. The first-order valence-electron chi connectivity index (χ1n) is 5.49. The maximum Gasteiger partial charge on any atom is 0.405 e. The van der Waals surface area contributed by atoms with Gasteiger partial charge in [0.05, 0.1) is 0 Å². The molecule has 0 saturated heterocycles. The maximum absolute atomic E-state index is 12.4. The monoisotopic (exact) mass is 265 g/mol. The highest BCUT2D eigenvalue weighted by atomic mass is 32.1. The van der Waals surface area contributed by atoms with Crippen molar-refractivity contribution >= 4 is 22.4 Å². The summed E-state index contributed by atoms with van der Waals surface area (Å²) in [6.45, 7) is 1.07. The Morgan fingerprint density at radius 3 is 2.59 bits per heavy atom. The summed E-state index contributed by atoms with van der Waals surface area (Å²) in [4.78, 5) is 1.31. The average molecular weight is 265 g/mol. The molecule has 2 rings (SSSR count). The van der Waals surface area contributed by atoms with Gasteiger partial charge in [-0.1, -0.05) is 0 Å². The van der Waals surface area contributed by atoms with E-state index in [0.717, 1.165) is 29.9 Å². The quantitative estimate of drug-likeness (QED) is 0.910. The van der Waals surface area contributed by atoms with E-state index in [-0.39, 0.29) is 0 Å². The number of anilines is 2. The van der Waals surface area contributed by atoms with Gasteiger partial charge in [0, 0.05) is 12.1 Å². The van der Waals surface area contributed by atoms with Crippen LogP contribution < -0.4 is 10.6 Å². The van der Waals surface area contributed by atoms with Gasteiger partial charge >= 0.3 is 6.18 Å². The smallest absolute Gasteiger partial charge is 0.383 e. The van der Waals surface area contributed by atoms with Crippen LogP contribution in [0.5, 0.6) is 0 Å². The molecule has 1 aromatic heterocycles. The summed E-state index contributed by atoms with van der Waals surface area (Å²) in [7, 11) is 0. The molecule has 0 bridgehead atoms. The topological polar surface area (TPSA) is 42.2 Å². The standard InChI is InChI=1S/C10H14F3N3S/c1-2-16(5-10(11,12)13)9-7(6-3-4-6)8(14)15-17-9/h6H,2-5H2,1H3,(H2,14,15). The van der Waals surface area contributed by atoms with E-state index in [2.05, 4.69) is 4.37 Å². The lowest BCUT2D eigenvalue weighted by atomic mass is 10.2. The van der Waals surface area contributed by atoms with E-state index in [1.54, 1.807) is 6.92 Å². The van der Waals surface area contributed by atoms with Crippen LogP contribution in [0.3, 0.4) is 0 Å². The zero-order chi connectivity index (χ0) is 12.6. The zero-order valence-electron chi connectivity index (χ0n) is 9.42. The van der Waals surface area contributed by atoms with Crippen molar-refractivity contribution in [1.29, 1.82) is 0 Å². The summed E-state index contributed by atoms with van der Waals surface area (Å²) in [6.07, 6.45) is -2.20. The molecule has 7 heteroatoms. The van der Waals surface area contributed by atoms with E-state index in [9.17, 15) is 13.2 Å². The van der Waals surface area contributed by atoms with Gasteiger partial charge < -0.3 is 10.6 Å². The van der Waals surface area contributed by atoms with Gasteiger partial charge in [-0.2, -0.15) is 17.5 Å². The molecule has 1 aliphatic carbocycles. The fourth-order valence-corrected chi connectivity index (χ4v) is 2.79. The number of halogens is 3. The number of nitrogen functional groups attached to an aromatic ring is 1. The molecular weight excluding hydrogens is 251 g/mol. The summed E-state index contributed by atoms with van der Waals surface area (Å²) < 4.78 is 41.3. The van der Waals surface area contributed by atoms with Crippen LogP contribution in [0.25, 0.3) is 0 Å². The van der Waals surface area contributed by atoms with Crippen LogP contribution in [0, 0.1) is 0 Å². The van der Waals surface area contributed by atoms with Crippen LogP contribution in [0.2, 0.25) is 0 Å². The Labute approximate surface area is 102 Å². The summed E-state index contributed by atoms with van der Waals surface area (Å²) >= 11 is 1.07. The number of nitrogens with two attached hydrogens (primary N) is 1. The molecule has 17 heavy (non-hydrogen) atoms. The molecule has 1 aliphatic rings. The Balaban J connectivity index is 2.24. The molecule has 0 aliphatic heterocycles. The van der Waals surface area contributed by atoms with Crippen LogP contribution in [0.1, 0.15) is 31.2 Å². The molecule has 2 N–H and O–H groups in total. The second-order valence-corrected chi connectivity index (χ2v) is 4.94. The molecule has 0 unspecified atom stereocenters. The number of nitrogens with zero attached hydrogens (tertiary/aromatic N) is 2. The van der Waals surface area contributed by atoms with E-state index < -0.39 is 12.7 Å². The molecule has 96 valence electrons. The van der Waals surface area contributed by atoms with Gasteiger partial charge in [-0.25, -0.2) is 0 Å². The van der Waals surface area contributed by atoms with Gasteiger partial charge in [-0.15, -0.1) is 0 Å². The SMILES string of the molecule is CCN(CC(F)(F)F)c1snc(N)c1C1CC1. The van der Waals surface area contributed by atoms with Crippen molar-refractivity contribution in [1.82, 2.24) is 4.37 Å². The highest BCUT2D eigenvalue weighted by molar-refractivity contribution is 7.10. The molecule has 1 heterocycles. The Kier molecular flexibility index (Phi) is 3.20. The van der Waals surface area contributed by atoms with E-state index in [1.165, 1.54) is 4.90 Å². The summed E-state index contributed by atoms with van der Waals surface area (Å²) in [6, 6.07) is 0. The molecule has 0 aromatic carbocycles. The largest absolute Gasteiger partial charge is 0.405 e. The third-order valence-corrected chi connectivity index (χ3v) is 3.70. The third-order valence-electron chi connectivity index (χ3n) is 2.76. The first-order chi connectivity index (χ1) is 7.92. The second kappa shape index (κ2) is 4.36. The van der Waals surface area contributed by atoms with Crippen molar-refractivity contribution in [3.05, 3.63) is 5.56 Å². The van der Waals surface area contributed by atoms with Crippen molar-refractivity contribution in [3.8, 4) is 0 Å². The van der Waals surface area contributed by atoms with Gasteiger partial charge in [0.2, 0.25) is 0 Å². The average Bonchev–Trinajstić information content (AvgIpc) is 2.98. The Hall–Kier alpha value is -0.980. The minimum Gasteiger partial charge on any atom is -0.383 e. The fraction of sp³-hybridized carbons (Fsp3) is 0.700. The Bertz CT molecular complexity index is 398. The molecule has 1 aromatic rings. The second-order valence-electron chi connectivity index (χ2n) is 4.19. The van der Waals surface area contributed by atoms with E-state index in [0.29, 0.717) is 23.3 Å². The highest BCUT2D eigenvalue weighted by Gasteiger charge is 2.36. The lowest BCUT2D eigenvalue weighted by Gasteiger charge is -2.23. The maximum atomic E-state index is 12.4. The summed E-state index contributed by atoms with van der Waals surface area (Å²) in [5.74, 6) is 0.708. The molecule has 1 fully saturated rings. The Morgan fingerprint density at radius 2 is 2.12 bits per heavy atom. The third kappa shape index (κ3) is 2.83. The highest BCUT2D eigenvalue weighted by Crippen LogP contribution is 2.49. The molecule has 0 amide bonds. The lowest BCUT2D eigenvalue weighted by Crippen LogP contribution is -2.34. The molecule has 0 radical (unpaired) electrons. The van der Waals surface area contributed by atoms with Crippen molar-refractivity contribution < 1.29 is 13.2 Å². The van der Waals surface area contributed by atoms with Crippen LogP contribution in [-0.4, -0.2) is 23.6 Å². The summed E-state index contributed by atoms with van der Waals surface area (Å²) in [5, 5.41) is 0.588. The zero-order valence-corrected chi connectivity index (χ0v) is 10.2. The van der Waals surface area contributed by atoms with Crippen molar-refractivity contribution in [2.24, 2.45) is 0 Å². The van der Waals surface area contributed by atoms with Gasteiger partial charge in [0.1, 0.15) is 17.4 Å². The molecule has 3 nitrogen and oxygen atoms in total. The van der Waals surface area contributed by atoms with Crippen LogP contribution in [-0.2, 0) is 0 Å². The van der Waals surface area contributed by atoms with Gasteiger partial charge in [0.15, 0.2) is 0 Å². The van der Waals surface area contributed by atoms with Crippen molar-refractivity contribution in [3.63, 3.8) is 0 Å². The predicted molar refractivity (Wildman–Crippen MR) is 62.4 cm³/mol. The lowest BCUT2D eigenvalue weighted by molar-refractivity contribution is -0.119. The number of aromatic nitrogens is 1. The molecule has 0 spiro atoms. The van der Waals surface area contributed by atoms with Crippen LogP contribution >= 0.6 is 11.5 Å². The minimum absolute atomic E-state index is 0.306. The first-order valence-corrected chi connectivity index (χ1v) is 6.26. The van der Waals surface area contributed by atoms with Crippen LogP contribution in [0.15, 0.2) is 0 Å². The van der Waals surface area contributed by atoms with Gasteiger partial charge in [0.25, 0.3) is 0 Å². The number of rotatable bonds is 4. The molecule has 1 saturated carbocycles. The van der Waals surface area contributed by atoms with E-state index in [1.807, 2.05) is 0 Å². The Morgan fingerprint density at radius 1 is 1.47 bits per heavy atom. The number of hydrogen-bond acceptors (Lipinski definition) is 4. The fourth-order valence-electron chi connectivity index (χ4n) is 1.83. The van der Waals surface area contributed by atoms with E-state index >= 15 is 0 Å². The predicted octanol–water partition coefficient (Wildman–Crippen LogP) is 2.99. The van der Waals surface area contributed by atoms with Crippen LogP contribution in [0.4, 0.5) is 24.0 Å².